The Morgan fingerprint density at radius 2 is 1.93 bits per heavy atom. The summed E-state index contributed by atoms with van der Waals surface area (Å²) in [6, 6.07) is 8.25. The quantitative estimate of drug-likeness (QED) is 0.805. The maximum absolute atomic E-state index is 12.8. The van der Waals surface area contributed by atoms with Crippen molar-refractivity contribution in [3.05, 3.63) is 24.3 Å². The molecule has 0 aliphatic carbocycles. The molecule has 0 aromatic heterocycles. The van der Waals surface area contributed by atoms with Crippen LogP contribution in [-0.2, 0) is 9.59 Å². The molecule has 0 radical (unpaired) electrons. The number of fused-ring (bicyclic) bond motifs is 2. The third-order valence-electron chi connectivity index (χ3n) is 5.96. The van der Waals surface area contributed by atoms with Crippen LogP contribution >= 0.6 is 12.4 Å². The Morgan fingerprint density at radius 3 is 2.63 bits per heavy atom. The summed E-state index contributed by atoms with van der Waals surface area (Å²) >= 11 is 0. The molecule has 3 aliphatic rings. The van der Waals surface area contributed by atoms with Gasteiger partial charge in [0, 0.05) is 25.0 Å². The zero-order chi connectivity index (χ0) is 18.1. The Kier molecular flexibility index (Phi) is 6.27. The van der Waals surface area contributed by atoms with Crippen molar-refractivity contribution >= 4 is 29.9 Å². The lowest BCUT2D eigenvalue weighted by atomic mass is 9.89. The van der Waals surface area contributed by atoms with E-state index in [1.165, 1.54) is 12.8 Å². The van der Waals surface area contributed by atoms with Gasteiger partial charge in [-0.05, 0) is 50.2 Å². The molecular weight excluding hydrogens is 366 g/mol. The van der Waals surface area contributed by atoms with E-state index < -0.39 is 6.04 Å². The van der Waals surface area contributed by atoms with Crippen LogP contribution in [0.3, 0.4) is 0 Å². The van der Waals surface area contributed by atoms with Crippen LogP contribution in [0.2, 0.25) is 0 Å². The number of amides is 2. The number of halogens is 1. The monoisotopic (exact) mass is 393 g/mol. The lowest BCUT2D eigenvalue weighted by molar-refractivity contribution is -0.127. The molecule has 3 heterocycles. The van der Waals surface area contributed by atoms with E-state index in [1.54, 1.807) is 12.0 Å². The maximum atomic E-state index is 12.8. The summed E-state index contributed by atoms with van der Waals surface area (Å²) < 4.78 is 5.36. The molecule has 0 spiro atoms. The van der Waals surface area contributed by atoms with Gasteiger partial charge in [-0.3, -0.25) is 9.59 Å². The predicted molar refractivity (Wildman–Crippen MR) is 106 cm³/mol. The van der Waals surface area contributed by atoms with Crippen molar-refractivity contribution in [3.63, 3.8) is 0 Å². The van der Waals surface area contributed by atoms with Crippen LogP contribution < -0.4 is 20.3 Å². The number of carbonyl (C=O) groups is 2. The second kappa shape index (κ2) is 8.48. The molecule has 4 rings (SSSR count). The molecule has 1 aromatic rings. The summed E-state index contributed by atoms with van der Waals surface area (Å²) in [5, 5.41) is 6.58. The molecule has 3 unspecified atom stereocenters. The Balaban J connectivity index is 0.00000210. The van der Waals surface area contributed by atoms with E-state index in [-0.39, 0.29) is 24.2 Å². The van der Waals surface area contributed by atoms with E-state index in [4.69, 9.17) is 4.74 Å². The van der Waals surface area contributed by atoms with Crippen LogP contribution in [0.25, 0.3) is 0 Å². The molecule has 0 saturated carbocycles. The fourth-order valence-corrected chi connectivity index (χ4v) is 4.76. The second-order valence-corrected chi connectivity index (χ2v) is 7.75. The van der Waals surface area contributed by atoms with E-state index in [2.05, 4.69) is 10.6 Å². The van der Waals surface area contributed by atoms with Crippen molar-refractivity contribution in [1.82, 2.24) is 10.6 Å². The van der Waals surface area contributed by atoms with Crippen molar-refractivity contribution in [2.24, 2.45) is 5.92 Å². The van der Waals surface area contributed by atoms with Gasteiger partial charge in [-0.15, -0.1) is 12.4 Å². The van der Waals surface area contributed by atoms with Crippen LogP contribution in [0.4, 0.5) is 5.69 Å². The van der Waals surface area contributed by atoms with E-state index >= 15 is 0 Å². The van der Waals surface area contributed by atoms with Gasteiger partial charge in [-0.2, -0.15) is 0 Å². The third-order valence-corrected chi connectivity index (χ3v) is 5.96. The van der Waals surface area contributed by atoms with Gasteiger partial charge >= 0.3 is 0 Å². The fourth-order valence-electron chi connectivity index (χ4n) is 4.76. The molecule has 7 heteroatoms. The van der Waals surface area contributed by atoms with Crippen molar-refractivity contribution in [2.75, 3.05) is 18.6 Å². The maximum Gasteiger partial charge on any atom is 0.249 e. The third kappa shape index (κ3) is 4.22. The Morgan fingerprint density at radius 1 is 1.22 bits per heavy atom. The average molecular weight is 394 g/mol. The molecule has 2 amide bonds. The minimum atomic E-state index is -0.425. The first-order chi connectivity index (χ1) is 12.6. The normalized spacial score (nSPS) is 29.4. The topological polar surface area (TPSA) is 70.7 Å². The molecule has 3 atom stereocenters. The SMILES string of the molecule is COc1ccccc1N1CCC(NC(=O)CC2CC3CCC(C2)N3)C1=O.Cl. The van der Waals surface area contributed by atoms with Gasteiger partial charge in [-0.25, -0.2) is 0 Å². The Bertz CT molecular complexity index is 687. The first kappa shape index (κ1) is 20.0. The number of rotatable bonds is 5. The number of ether oxygens (including phenoxy) is 1. The van der Waals surface area contributed by atoms with E-state index in [0.29, 0.717) is 43.1 Å². The second-order valence-electron chi connectivity index (χ2n) is 7.75. The first-order valence-electron chi connectivity index (χ1n) is 9.64. The van der Waals surface area contributed by atoms with E-state index in [1.807, 2.05) is 24.3 Å². The number of hydrogen-bond acceptors (Lipinski definition) is 4. The minimum Gasteiger partial charge on any atom is -0.495 e. The number of carbonyl (C=O) groups excluding carboxylic acids is 2. The summed E-state index contributed by atoms with van der Waals surface area (Å²) in [4.78, 5) is 27.0. The number of piperidine rings is 1. The summed E-state index contributed by atoms with van der Waals surface area (Å²) in [6.07, 6.45) is 5.80. The number of para-hydroxylation sites is 2. The van der Waals surface area contributed by atoms with Gasteiger partial charge in [0.15, 0.2) is 0 Å². The molecule has 3 saturated heterocycles. The highest BCUT2D eigenvalue weighted by Gasteiger charge is 2.37. The van der Waals surface area contributed by atoms with E-state index in [9.17, 15) is 9.59 Å². The molecule has 3 fully saturated rings. The van der Waals surface area contributed by atoms with Gasteiger partial charge < -0.3 is 20.3 Å². The van der Waals surface area contributed by atoms with E-state index in [0.717, 1.165) is 18.5 Å². The molecule has 148 valence electrons. The minimum absolute atomic E-state index is 0. The highest BCUT2D eigenvalue weighted by molar-refractivity contribution is 6.02. The van der Waals surface area contributed by atoms with Gasteiger partial charge in [0.25, 0.3) is 0 Å². The van der Waals surface area contributed by atoms with Crippen LogP contribution in [0, 0.1) is 5.92 Å². The summed E-state index contributed by atoms with van der Waals surface area (Å²) in [7, 11) is 1.60. The Hall–Kier alpha value is -1.79. The lowest BCUT2D eigenvalue weighted by Crippen LogP contribution is -2.44. The number of benzene rings is 1. The molecule has 2 N–H and O–H groups in total. The first-order valence-corrected chi connectivity index (χ1v) is 9.64. The van der Waals surface area contributed by atoms with Crippen molar-refractivity contribution in [3.8, 4) is 5.75 Å². The Labute approximate surface area is 166 Å². The largest absolute Gasteiger partial charge is 0.495 e. The molecular formula is C20H28ClN3O3. The number of nitrogens with one attached hydrogen (secondary N) is 2. The van der Waals surface area contributed by atoms with Gasteiger partial charge in [0.05, 0.1) is 12.8 Å². The summed E-state index contributed by atoms with van der Waals surface area (Å²) in [5.41, 5.74) is 0.770. The van der Waals surface area contributed by atoms with Crippen LogP contribution in [-0.4, -0.2) is 43.6 Å². The van der Waals surface area contributed by atoms with Crippen LogP contribution in [0.15, 0.2) is 24.3 Å². The van der Waals surface area contributed by atoms with Crippen LogP contribution in [0.5, 0.6) is 5.75 Å². The summed E-state index contributed by atoms with van der Waals surface area (Å²) in [6.45, 7) is 0.599. The number of methoxy groups -OCH3 is 1. The molecule has 6 nitrogen and oxygen atoms in total. The molecule has 3 aliphatic heterocycles. The molecule has 27 heavy (non-hydrogen) atoms. The predicted octanol–water partition coefficient (Wildman–Crippen LogP) is 2.26. The van der Waals surface area contributed by atoms with Crippen LogP contribution in [0.1, 0.15) is 38.5 Å². The van der Waals surface area contributed by atoms with Gasteiger partial charge in [0.2, 0.25) is 11.8 Å². The zero-order valence-corrected chi connectivity index (χ0v) is 16.5. The van der Waals surface area contributed by atoms with Crippen molar-refractivity contribution < 1.29 is 14.3 Å². The smallest absolute Gasteiger partial charge is 0.249 e. The lowest BCUT2D eigenvalue weighted by Gasteiger charge is -2.28. The number of anilines is 1. The summed E-state index contributed by atoms with van der Waals surface area (Å²) in [5.74, 6) is 1.08. The van der Waals surface area contributed by atoms with Crippen molar-refractivity contribution in [2.45, 2.75) is 56.7 Å². The molecule has 2 bridgehead atoms. The highest BCUT2D eigenvalue weighted by atomic mass is 35.5. The average Bonchev–Trinajstić information content (AvgIpc) is 3.17. The fraction of sp³-hybridized carbons (Fsp3) is 0.600. The number of hydrogen-bond donors (Lipinski definition) is 2. The standard InChI is InChI=1S/C20H27N3O3.ClH/c1-26-18-5-3-2-4-17(18)23-9-8-16(20(23)25)22-19(24)12-13-10-14-6-7-15(11-13)21-14;/h2-5,13-16,21H,6-12H2,1H3,(H,22,24);1H. The highest BCUT2D eigenvalue weighted by Crippen LogP contribution is 2.33. The van der Waals surface area contributed by atoms with Crippen molar-refractivity contribution in [1.29, 1.82) is 0 Å². The van der Waals surface area contributed by atoms with Gasteiger partial charge in [-0.1, -0.05) is 12.1 Å². The molecule has 1 aromatic carbocycles. The van der Waals surface area contributed by atoms with Gasteiger partial charge in [0.1, 0.15) is 11.8 Å². The zero-order valence-electron chi connectivity index (χ0n) is 15.6. The number of nitrogens with zero attached hydrogens (tertiary/aromatic N) is 1.